The zero-order valence-corrected chi connectivity index (χ0v) is 30.1. The fraction of sp³-hybridized carbons (Fsp3) is 0.190. The Labute approximate surface area is 313 Å². The number of piperidine rings is 1. The Hall–Kier alpha value is -5.62. The lowest BCUT2D eigenvalue weighted by Crippen LogP contribution is -2.38. The molecule has 0 bridgehead atoms. The van der Waals surface area contributed by atoms with Gasteiger partial charge < -0.3 is 15.0 Å². The molecule has 0 spiro atoms. The molecule has 1 atom stereocenters. The van der Waals surface area contributed by atoms with Crippen LogP contribution in [0.5, 0.6) is 0 Å². The number of nitrogens with one attached hydrogen (secondary N) is 1. The minimum Gasteiger partial charge on any atom is -0.430 e. The van der Waals surface area contributed by atoms with E-state index < -0.39 is 11.1 Å². The minimum absolute atomic E-state index is 0.280. The zero-order chi connectivity index (χ0) is 36.5. The highest BCUT2D eigenvalue weighted by Crippen LogP contribution is 2.44. The summed E-state index contributed by atoms with van der Waals surface area (Å²) in [5.74, 6) is 0.423. The second-order valence-corrected chi connectivity index (χ2v) is 13.4. The Morgan fingerprint density at radius 1 is 0.865 bits per heavy atom. The third kappa shape index (κ3) is 7.52. The van der Waals surface area contributed by atoms with Crippen LogP contribution in [0.1, 0.15) is 48.4 Å². The average Bonchev–Trinajstić information content (AvgIpc) is 3.54. The number of rotatable bonds is 8. The van der Waals surface area contributed by atoms with Gasteiger partial charge in [0.15, 0.2) is 11.4 Å². The van der Waals surface area contributed by atoms with Gasteiger partial charge in [0.2, 0.25) is 6.41 Å². The van der Waals surface area contributed by atoms with Gasteiger partial charge in [-0.05, 0) is 78.8 Å². The Kier molecular flexibility index (Phi) is 11.5. The molecule has 10 heteroatoms. The molecule has 2 amide bonds. The molecule has 1 N–H and O–H groups in total. The lowest BCUT2D eigenvalue weighted by atomic mass is 9.77. The predicted octanol–water partition coefficient (Wildman–Crippen LogP) is 9.83. The quantitative estimate of drug-likeness (QED) is 0.0955. The van der Waals surface area contributed by atoms with Crippen LogP contribution in [-0.4, -0.2) is 45.8 Å². The molecule has 1 aromatic heterocycles. The van der Waals surface area contributed by atoms with Gasteiger partial charge in [-0.1, -0.05) is 120 Å². The maximum Gasteiger partial charge on any atom is 0.411 e. The SMILES string of the molecule is CC(Cl)OC(=O)N1CCCCC1.N#Cc1ccc(Cl)c(-c2ccc3c(c2)c(NC=O)nn3C(c2ccccc2)(c2ccccc2)c2ccccc2)c1. The summed E-state index contributed by atoms with van der Waals surface area (Å²) in [6.07, 6.45) is 3.71. The van der Waals surface area contributed by atoms with Gasteiger partial charge in [0.05, 0.1) is 17.1 Å². The number of aromatic nitrogens is 2. The second-order valence-electron chi connectivity index (χ2n) is 12.3. The maximum absolute atomic E-state index is 11.8. The Bertz CT molecular complexity index is 2080. The molecule has 7 rings (SSSR count). The number of nitriles is 1. The number of ether oxygens (including phenoxy) is 1. The van der Waals surface area contributed by atoms with Crippen molar-refractivity contribution in [3.05, 3.63) is 155 Å². The van der Waals surface area contributed by atoms with E-state index in [4.69, 9.17) is 33.0 Å². The fourth-order valence-electron chi connectivity index (χ4n) is 6.71. The van der Waals surface area contributed by atoms with Crippen molar-refractivity contribution in [1.82, 2.24) is 14.7 Å². The van der Waals surface area contributed by atoms with E-state index in [0.29, 0.717) is 22.8 Å². The molecular weight excluding hydrogens is 693 g/mol. The summed E-state index contributed by atoms with van der Waals surface area (Å²) < 4.78 is 6.83. The predicted molar refractivity (Wildman–Crippen MR) is 206 cm³/mol. The molecule has 1 unspecified atom stereocenters. The first kappa shape index (κ1) is 36.2. The monoisotopic (exact) mass is 729 g/mol. The normalized spacial score (nSPS) is 13.3. The first-order chi connectivity index (χ1) is 25.4. The molecule has 1 fully saturated rings. The summed E-state index contributed by atoms with van der Waals surface area (Å²) in [6, 6.07) is 44.0. The van der Waals surface area contributed by atoms with Crippen molar-refractivity contribution in [1.29, 1.82) is 5.26 Å². The van der Waals surface area contributed by atoms with Crippen molar-refractivity contribution in [2.24, 2.45) is 0 Å². The Morgan fingerprint density at radius 2 is 1.44 bits per heavy atom. The number of benzene rings is 5. The molecule has 1 saturated heterocycles. The van der Waals surface area contributed by atoms with Crippen LogP contribution in [0.4, 0.5) is 10.6 Å². The number of hydrogen-bond donors (Lipinski definition) is 1. The van der Waals surface area contributed by atoms with Gasteiger partial charge in [0.25, 0.3) is 0 Å². The number of nitrogens with zero attached hydrogens (tertiary/aromatic N) is 4. The number of alkyl halides is 1. The van der Waals surface area contributed by atoms with Crippen LogP contribution in [0.2, 0.25) is 5.02 Å². The fourth-order valence-corrected chi connectivity index (χ4v) is 7.02. The lowest BCUT2D eigenvalue weighted by Gasteiger charge is -2.37. The van der Waals surface area contributed by atoms with Crippen molar-refractivity contribution >= 4 is 52.4 Å². The molecule has 6 aromatic rings. The van der Waals surface area contributed by atoms with Crippen molar-refractivity contribution < 1.29 is 14.3 Å². The molecular formula is C42H37Cl2N5O3. The van der Waals surface area contributed by atoms with Crippen molar-refractivity contribution in [2.75, 3.05) is 18.4 Å². The summed E-state index contributed by atoms with van der Waals surface area (Å²) in [4.78, 5) is 24.7. The smallest absolute Gasteiger partial charge is 0.411 e. The molecule has 0 saturated carbocycles. The van der Waals surface area contributed by atoms with Gasteiger partial charge in [-0.3, -0.25) is 4.79 Å². The van der Waals surface area contributed by atoms with Crippen LogP contribution < -0.4 is 5.32 Å². The molecule has 5 aromatic carbocycles. The Morgan fingerprint density at radius 3 is 1.96 bits per heavy atom. The number of anilines is 1. The van der Waals surface area contributed by atoms with Crippen LogP contribution in [0.15, 0.2) is 127 Å². The number of hydrogen-bond acceptors (Lipinski definition) is 5. The second kappa shape index (κ2) is 16.6. The summed E-state index contributed by atoms with van der Waals surface area (Å²) in [6.45, 7) is 3.26. The average molecular weight is 731 g/mol. The van der Waals surface area contributed by atoms with Crippen LogP contribution in [0.25, 0.3) is 22.0 Å². The third-order valence-corrected chi connectivity index (χ3v) is 9.47. The van der Waals surface area contributed by atoms with Crippen molar-refractivity contribution in [3.63, 3.8) is 0 Å². The standard InChI is InChI=1S/C34H23ClN4O.C8H14ClNO2/c35-31-18-16-24(22-36)20-29(31)25-17-19-32-30(21-25)33(37-23-40)38-39(32)34(26-10-4-1-5-11-26,27-12-6-2-7-13-27)28-14-8-3-9-15-28;1-7(9)12-8(11)10-5-3-2-4-6-10/h1-21,23H,(H,37,38,40);7H,2-6H2,1H3. The van der Waals surface area contributed by atoms with E-state index >= 15 is 0 Å². The van der Waals surface area contributed by atoms with E-state index in [1.807, 2.05) is 77.5 Å². The number of fused-ring (bicyclic) bond motifs is 1. The zero-order valence-electron chi connectivity index (χ0n) is 28.6. The van der Waals surface area contributed by atoms with Crippen LogP contribution in [-0.2, 0) is 15.1 Å². The largest absolute Gasteiger partial charge is 0.430 e. The highest BCUT2D eigenvalue weighted by molar-refractivity contribution is 6.33. The van der Waals surface area contributed by atoms with E-state index in [1.165, 1.54) is 6.42 Å². The van der Waals surface area contributed by atoms with E-state index in [9.17, 15) is 14.9 Å². The minimum atomic E-state index is -0.856. The number of carbonyl (C=O) groups is 2. The molecule has 8 nitrogen and oxygen atoms in total. The first-order valence-electron chi connectivity index (χ1n) is 17.1. The third-order valence-electron chi connectivity index (χ3n) is 9.05. The first-order valence-corrected chi connectivity index (χ1v) is 17.9. The van der Waals surface area contributed by atoms with Crippen molar-refractivity contribution in [3.8, 4) is 17.2 Å². The molecule has 1 aliphatic rings. The number of halogens is 2. The molecule has 0 aliphatic carbocycles. The number of amides is 2. The Balaban J connectivity index is 0.000000330. The molecule has 0 radical (unpaired) electrons. The topological polar surface area (TPSA) is 100 Å². The number of likely N-dealkylation sites (tertiary alicyclic amines) is 1. The van der Waals surface area contributed by atoms with Gasteiger partial charge in [-0.2, -0.15) is 10.4 Å². The number of carbonyl (C=O) groups excluding carboxylic acids is 2. The summed E-state index contributed by atoms with van der Waals surface area (Å²) in [7, 11) is 0. The summed E-state index contributed by atoms with van der Waals surface area (Å²) in [5.41, 5.74) is 4.54. The highest BCUT2D eigenvalue weighted by atomic mass is 35.5. The maximum atomic E-state index is 11.8. The summed E-state index contributed by atoms with van der Waals surface area (Å²) in [5, 5.41) is 18.6. The van der Waals surface area contributed by atoms with Gasteiger partial charge in [-0.15, -0.1) is 0 Å². The van der Waals surface area contributed by atoms with Gasteiger partial charge in [0.1, 0.15) is 5.54 Å². The lowest BCUT2D eigenvalue weighted by molar-refractivity contribution is -0.105. The van der Waals surface area contributed by atoms with E-state index in [0.717, 1.165) is 64.7 Å². The van der Waals surface area contributed by atoms with Gasteiger partial charge in [-0.25, -0.2) is 9.48 Å². The van der Waals surface area contributed by atoms with Crippen LogP contribution >= 0.6 is 23.2 Å². The van der Waals surface area contributed by atoms with Gasteiger partial charge >= 0.3 is 6.09 Å². The van der Waals surface area contributed by atoms with E-state index in [2.05, 4.69) is 47.8 Å². The van der Waals surface area contributed by atoms with Crippen LogP contribution in [0, 0.1) is 11.3 Å². The van der Waals surface area contributed by atoms with Crippen LogP contribution in [0.3, 0.4) is 0 Å². The van der Waals surface area contributed by atoms with E-state index in [-0.39, 0.29) is 6.09 Å². The molecule has 262 valence electrons. The molecule has 2 heterocycles. The molecule has 52 heavy (non-hydrogen) atoms. The molecule has 1 aliphatic heterocycles. The van der Waals surface area contributed by atoms with Crippen molar-refractivity contribution in [2.45, 2.75) is 37.3 Å². The summed E-state index contributed by atoms with van der Waals surface area (Å²) >= 11 is 12.1. The van der Waals surface area contributed by atoms with E-state index in [1.54, 1.807) is 30.0 Å². The van der Waals surface area contributed by atoms with Gasteiger partial charge in [0, 0.05) is 29.1 Å². The highest BCUT2D eigenvalue weighted by Gasteiger charge is 2.41.